The van der Waals surface area contributed by atoms with Crippen LogP contribution < -0.4 is 10.0 Å². The van der Waals surface area contributed by atoms with Crippen molar-refractivity contribution < 1.29 is 8.42 Å². The van der Waals surface area contributed by atoms with Gasteiger partial charge in [-0.3, -0.25) is 5.10 Å². The van der Waals surface area contributed by atoms with Crippen molar-refractivity contribution in [2.75, 3.05) is 6.54 Å². The SMILES string of the molecule is CCNCc1cn[nH]c1S(=O)(=O)NC1(C)CC1. The van der Waals surface area contributed by atoms with Crippen molar-refractivity contribution in [3.8, 4) is 0 Å². The average molecular weight is 258 g/mol. The maximum absolute atomic E-state index is 12.1. The number of sulfonamides is 1. The Balaban J connectivity index is 2.17. The molecule has 7 heteroatoms. The highest BCUT2D eigenvalue weighted by atomic mass is 32.2. The second-order valence-corrected chi connectivity index (χ2v) is 6.29. The van der Waals surface area contributed by atoms with Crippen LogP contribution in [0.3, 0.4) is 0 Å². The van der Waals surface area contributed by atoms with Gasteiger partial charge >= 0.3 is 0 Å². The van der Waals surface area contributed by atoms with E-state index in [0.29, 0.717) is 12.1 Å². The molecule has 1 aliphatic carbocycles. The van der Waals surface area contributed by atoms with Crippen molar-refractivity contribution in [2.24, 2.45) is 0 Å². The second-order valence-electron chi connectivity index (χ2n) is 4.67. The molecule has 3 N–H and O–H groups in total. The number of hydrogen-bond donors (Lipinski definition) is 3. The lowest BCUT2D eigenvalue weighted by Crippen LogP contribution is -2.35. The Hall–Kier alpha value is -0.920. The summed E-state index contributed by atoms with van der Waals surface area (Å²) in [6.45, 7) is 5.17. The van der Waals surface area contributed by atoms with Gasteiger partial charge in [-0.05, 0) is 26.3 Å². The van der Waals surface area contributed by atoms with Crippen LogP contribution in [-0.2, 0) is 16.6 Å². The van der Waals surface area contributed by atoms with Gasteiger partial charge < -0.3 is 5.32 Å². The number of rotatable bonds is 6. The monoisotopic (exact) mass is 258 g/mol. The van der Waals surface area contributed by atoms with Gasteiger partial charge in [0.25, 0.3) is 10.0 Å². The summed E-state index contributed by atoms with van der Waals surface area (Å²) < 4.78 is 26.9. The lowest BCUT2D eigenvalue weighted by Gasteiger charge is -2.12. The summed E-state index contributed by atoms with van der Waals surface area (Å²) in [6, 6.07) is 0. The van der Waals surface area contributed by atoms with E-state index in [1.54, 1.807) is 6.20 Å². The number of hydrogen-bond acceptors (Lipinski definition) is 4. The van der Waals surface area contributed by atoms with Gasteiger partial charge in [0.15, 0.2) is 5.03 Å². The largest absolute Gasteiger partial charge is 0.313 e. The zero-order valence-electron chi connectivity index (χ0n) is 10.1. The molecule has 96 valence electrons. The Morgan fingerprint density at radius 2 is 2.24 bits per heavy atom. The lowest BCUT2D eigenvalue weighted by molar-refractivity contribution is 0.551. The molecule has 1 aromatic heterocycles. The molecule has 1 heterocycles. The van der Waals surface area contributed by atoms with Crippen molar-refractivity contribution in [3.63, 3.8) is 0 Å². The standard InChI is InChI=1S/C10H18N4O2S/c1-3-11-6-8-7-12-13-9(8)17(15,16)14-10(2)4-5-10/h7,11,14H,3-6H2,1-2H3,(H,12,13). The number of nitrogens with one attached hydrogen (secondary N) is 3. The van der Waals surface area contributed by atoms with Crippen molar-refractivity contribution in [1.82, 2.24) is 20.2 Å². The molecule has 0 aliphatic heterocycles. The van der Waals surface area contributed by atoms with Crippen LogP contribution in [0.4, 0.5) is 0 Å². The zero-order valence-corrected chi connectivity index (χ0v) is 10.9. The van der Waals surface area contributed by atoms with E-state index in [0.717, 1.165) is 19.4 Å². The molecule has 0 unspecified atom stereocenters. The fourth-order valence-electron chi connectivity index (χ4n) is 1.58. The van der Waals surface area contributed by atoms with Crippen LogP contribution in [0.25, 0.3) is 0 Å². The minimum Gasteiger partial charge on any atom is -0.313 e. The second kappa shape index (κ2) is 4.40. The van der Waals surface area contributed by atoms with E-state index in [4.69, 9.17) is 0 Å². The molecule has 0 spiro atoms. The molecular weight excluding hydrogens is 240 g/mol. The predicted molar refractivity (Wildman–Crippen MR) is 63.9 cm³/mol. The van der Waals surface area contributed by atoms with E-state index in [1.165, 1.54) is 0 Å². The lowest BCUT2D eigenvalue weighted by atomic mass is 10.3. The Morgan fingerprint density at radius 1 is 1.53 bits per heavy atom. The molecule has 1 saturated carbocycles. The van der Waals surface area contributed by atoms with Crippen LogP contribution in [0, 0.1) is 0 Å². The van der Waals surface area contributed by atoms with E-state index in [-0.39, 0.29) is 10.6 Å². The van der Waals surface area contributed by atoms with Crippen LogP contribution in [0.5, 0.6) is 0 Å². The van der Waals surface area contributed by atoms with Crippen molar-refractivity contribution in [3.05, 3.63) is 11.8 Å². The first-order chi connectivity index (χ1) is 7.97. The maximum Gasteiger partial charge on any atom is 0.258 e. The molecule has 1 aliphatic rings. The first-order valence-electron chi connectivity index (χ1n) is 5.74. The highest BCUT2D eigenvalue weighted by molar-refractivity contribution is 7.89. The van der Waals surface area contributed by atoms with Crippen LogP contribution in [0.15, 0.2) is 11.2 Å². The Bertz CT molecular complexity index is 490. The van der Waals surface area contributed by atoms with Gasteiger partial charge in [-0.2, -0.15) is 5.10 Å². The Morgan fingerprint density at radius 3 is 2.82 bits per heavy atom. The fourth-order valence-corrected chi connectivity index (χ4v) is 3.18. The summed E-state index contributed by atoms with van der Waals surface area (Å²) in [5.41, 5.74) is 0.406. The average Bonchev–Trinajstić information content (AvgIpc) is 2.81. The third kappa shape index (κ3) is 2.85. The molecule has 1 aromatic rings. The summed E-state index contributed by atoms with van der Waals surface area (Å²) in [5, 5.41) is 9.63. The van der Waals surface area contributed by atoms with Gasteiger partial charge in [0, 0.05) is 17.6 Å². The van der Waals surface area contributed by atoms with Crippen LogP contribution in [-0.4, -0.2) is 30.7 Å². The predicted octanol–water partition coefficient (Wildman–Crippen LogP) is 0.350. The zero-order chi connectivity index (χ0) is 12.5. The molecule has 0 amide bonds. The number of aromatic amines is 1. The van der Waals surface area contributed by atoms with E-state index in [2.05, 4.69) is 20.2 Å². The molecule has 0 bridgehead atoms. The molecule has 6 nitrogen and oxygen atoms in total. The normalized spacial score (nSPS) is 18.2. The van der Waals surface area contributed by atoms with Gasteiger partial charge in [-0.15, -0.1) is 0 Å². The summed E-state index contributed by atoms with van der Waals surface area (Å²) in [7, 11) is -3.48. The number of H-pyrrole nitrogens is 1. The molecule has 2 rings (SSSR count). The topological polar surface area (TPSA) is 86.9 Å². The van der Waals surface area contributed by atoms with Gasteiger partial charge in [0.05, 0.1) is 6.20 Å². The van der Waals surface area contributed by atoms with Gasteiger partial charge in [-0.25, -0.2) is 13.1 Å². The summed E-state index contributed by atoms with van der Waals surface area (Å²) in [6.07, 6.45) is 3.33. The summed E-state index contributed by atoms with van der Waals surface area (Å²) in [5.74, 6) is 0. The summed E-state index contributed by atoms with van der Waals surface area (Å²) >= 11 is 0. The van der Waals surface area contributed by atoms with Crippen LogP contribution in [0.2, 0.25) is 0 Å². The highest BCUT2D eigenvalue weighted by Gasteiger charge is 2.42. The molecule has 0 saturated heterocycles. The molecule has 0 aromatic carbocycles. The smallest absolute Gasteiger partial charge is 0.258 e. The minimum absolute atomic E-state index is 0.173. The Kier molecular flexibility index (Phi) is 3.24. The Labute approximate surface area is 101 Å². The van der Waals surface area contributed by atoms with Crippen LogP contribution in [0.1, 0.15) is 32.3 Å². The number of nitrogens with zero attached hydrogens (tertiary/aromatic N) is 1. The van der Waals surface area contributed by atoms with Gasteiger partial charge in [0.2, 0.25) is 0 Å². The third-order valence-corrected chi connectivity index (χ3v) is 4.55. The molecule has 0 radical (unpaired) electrons. The molecular formula is C10H18N4O2S. The van der Waals surface area contributed by atoms with Crippen molar-refractivity contribution in [1.29, 1.82) is 0 Å². The minimum atomic E-state index is -3.48. The maximum atomic E-state index is 12.1. The molecule has 17 heavy (non-hydrogen) atoms. The highest BCUT2D eigenvalue weighted by Crippen LogP contribution is 2.35. The first kappa shape index (κ1) is 12.5. The van der Waals surface area contributed by atoms with E-state index in [1.807, 2.05) is 13.8 Å². The number of aromatic nitrogens is 2. The molecule has 0 atom stereocenters. The van der Waals surface area contributed by atoms with E-state index in [9.17, 15) is 8.42 Å². The first-order valence-corrected chi connectivity index (χ1v) is 7.22. The van der Waals surface area contributed by atoms with Gasteiger partial charge in [-0.1, -0.05) is 6.92 Å². The summed E-state index contributed by atoms with van der Waals surface area (Å²) in [4.78, 5) is 0. The van der Waals surface area contributed by atoms with E-state index >= 15 is 0 Å². The molecule has 1 fully saturated rings. The quantitative estimate of drug-likeness (QED) is 0.687. The van der Waals surface area contributed by atoms with Crippen molar-refractivity contribution >= 4 is 10.0 Å². The fraction of sp³-hybridized carbons (Fsp3) is 0.700. The van der Waals surface area contributed by atoms with E-state index < -0.39 is 10.0 Å². The van der Waals surface area contributed by atoms with Crippen LogP contribution >= 0.6 is 0 Å². The third-order valence-electron chi connectivity index (χ3n) is 2.89. The van der Waals surface area contributed by atoms with Crippen molar-refractivity contribution in [2.45, 2.75) is 43.8 Å². The van der Waals surface area contributed by atoms with Gasteiger partial charge in [0.1, 0.15) is 0 Å².